The van der Waals surface area contributed by atoms with Gasteiger partial charge in [0.1, 0.15) is 5.82 Å². The molecule has 0 amide bonds. The Labute approximate surface area is 100 Å². The molecule has 0 saturated carbocycles. The van der Waals surface area contributed by atoms with Crippen molar-refractivity contribution in [1.82, 2.24) is 15.3 Å². The molecule has 0 saturated heterocycles. The summed E-state index contributed by atoms with van der Waals surface area (Å²) >= 11 is 0. The third-order valence-corrected chi connectivity index (χ3v) is 2.63. The minimum absolute atomic E-state index is 0.0630. The van der Waals surface area contributed by atoms with Gasteiger partial charge in [-0.15, -0.1) is 0 Å². The molecule has 0 spiro atoms. The Bertz CT molecular complexity index is 574. The van der Waals surface area contributed by atoms with E-state index in [4.69, 9.17) is 0 Å². The molecular weight excluding hydrogens is 214 g/mol. The summed E-state index contributed by atoms with van der Waals surface area (Å²) in [6.45, 7) is 5.60. The molecule has 0 unspecified atom stereocenters. The van der Waals surface area contributed by atoms with Crippen molar-refractivity contribution < 1.29 is 0 Å². The topological polar surface area (TPSA) is 57.8 Å². The fraction of sp³-hybridized carbons (Fsp3) is 0.385. The van der Waals surface area contributed by atoms with E-state index in [0.29, 0.717) is 17.8 Å². The molecule has 0 radical (unpaired) electrons. The van der Waals surface area contributed by atoms with Crippen molar-refractivity contribution in [3.63, 3.8) is 0 Å². The van der Waals surface area contributed by atoms with E-state index >= 15 is 0 Å². The van der Waals surface area contributed by atoms with Crippen molar-refractivity contribution in [3.8, 4) is 0 Å². The van der Waals surface area contributed by atoms with E-state index in [2.05, 4.69) is 22.2 Å². The van der Waals surface area contributed by atoms with Gasteiger partial charge in [0.05, 0.1) is 17.4 Å². The minimum Gasteiger partial charge on any atom is -0.310 e. The van der Waals surface area contributed by atoms with Crippen molar-refractivity contribution in [1.29, 1.82) is 0 Å². The number of hydrogen-bond donors (Lipinski definition) is 2. The highest BCUT2D eigenvalue weighted by atomic mass is 16.1. The Kier molecular flexibility index (Phi) is 3.54. The number of aromatic nitrogens is 2. The molecule has 0 bridgehead atoms. The zero-order valence-electron chi connectivity index (χ0n) is 10.2. The maximum atomic E-state index is 11.9. The van der Waals surface area contributed by atoms with E-state index in [1.165, 1.54) is 0 Å². The largest absolute Gasteiger partial charge is 0.310 e. The molecule has 0 atom stereocenters. The smallest absolute Gasteiger partial charge is 0.258 e. The minimum atomic E-state index is -0.0630. The van der Waals surface area contributed by atoms with Gasteiger partial charge in [-0.1, -0.05) is 18.6 Å². The number of nitrogens with zero attached hydrogens (tertiary/aromatic N) is 1. The van der Waals surface area contributed by atoms with E-state index in [0.717, 1.165) is 24.0 Å². The molecule has 2 rings (SSSR count). The van der Waals surface area contributed by atoms with Gasteiger partial charge < -0.3 is 10.3 Å². The molecule has 1 aromatic heterocycles. The van der Waals surface area contributed by atoms with Crippen LogP contribution < -0.4 is 10.9 Å². The van der Waals surface area contributed by atoms with Crippen LogP contribution in [0.1, 0.15) is 24.7 Å². The Morgan fingerprint density at radius 1 is 1.41 bits per heavy atom. The third-order valence-electron chi connectivity index (χ3n) is 2.63. The first-order valence-corrected chi connectivity index (χ1v) is 5.91. The summed E-state index contributed by atoms with van der Waals surface area (Å²) in [7, 11) is 0. The predicted molar refractivity (Wildman–Crippen MR) is 69.1 cm³/mol. The van der Waals surface area contributed by atoms with Gasteiger partial charge in [0, 0.05) is 0 Å². The highest BCUT2D eigenvalue weighted by Crippen LogP contribution is 2.09. The van der Waals surface area contributed by atoms with Crippen LogP contribution in [0.3, 0.4) is 0 Å². The van der Waals surface area contributed by atoms with E-state index in [9.17, 15) is 4.79 Å². The second kappa shape index (κ2) is 5.10. The van der Waals surface area contributed by atoms with Crippen LogP contribution in [-0.2, 0) is 6.54 Å². The van der Waals surface area contributed by atoms with Crippen LogP contribution in [0.4, 0.5) is 0 Å². The molecule has 0 aliphatic rings. The number of aromatic amines is 1. The van der Waals surface area contributed by atoms with Crippen molar-refractivity contribution in [3.05, 3.63) is 39.9 Å². The standard InChI is InChI=1S/C13H17N3O/c1-3-6-14-8-12-15-11-5-4-9(2)7-10(11)13(17)16-12/h4-5,7,14H,3,6,8H2,1-2H3,(H,15,16,17). The number of benzene rings is 1. The lowest BCUT2D eigenvalue weighted by molar-refractivity contribution is 0.651. The summed E-state index contributed by atoms with van der Waals surface area (Å²) < 4.78 is 0. The lowest BCUT2D eigenvalue weighted by atomic mass is 10.2. The summed E-state index contributed by atoms with van der Waals surface area (Å²) in [5.41, 5.74) is 1.77. The maximum absolute atomic E-state index is 11.9. The first kappa shape index (κ1) is 11.8. The van der Waals surface area contributed by atoms with Gasteiger partial charge in [-0.3, -0.25) is 4.79 Å². The highest BCUT2D eigenvalue weighted by molar-refractivity contribution is 5.78. The zero-order chi connectivity index (χ0) is 12.3. The number of nitrogens with one attached hydrogen (secondary N) is 2. The van der Waals surface area contributed by atoms with Crippen LogP contribution in [0.25, 0.3) is 10.9 Å². The van der Waals surface area contributed by atoms with E-state index < -0.39 is 0 Å². The third kappa shape index (κ3) is 2.71. The quantitative estimate of drug-likeness (QED) is 0.788. The Balaban J connectivity index is 2.35. The normalized spacial score (nSPS) is 10.9. The fourth-order valence-corrected chi connectivity index (χ4v) is 1.77. The van der Waals surface area contributed by atoms with Gasteiger partial charge in [0.25, 0.3) is 5.56 Å². The van der Waals surface area contributed by atoms with Crippen molar-refractivity contribution >= 4 is 10.9 Å². The molecule has 0 aliphatic carbocycles. The SMILES string of the molecule is CCCNCc1nc2ccc(C)cc2c(=O)[nH]1. The molecule has 1 aromatic carbocycles. The van der Waals surface area contributed by atoms with Gasteiger partial charge >= 0.3 is 0 Å². The molecule has 17 heavy (non-hydrogen) atoms. The molecule has 2 aromatic rings. The molecule has 4 nitrogen and oxygen atoms in total. The Morgan fingerprint density at radius 2 is 2.24 bits per heavy atom. The summed E-state index contributed by atoms with van der Waals surface area (Å²) in [5.74, 6) is 0.694. The van der Waals surface area contributed by atoms with Gasteiger partial charge in [-0.05, 0) is 32.0 Å². The van der Waals surface area contributed by atoms with Gasteiger partial charge in [0.2, 0.25) is 0 Å². The van der Waals surface area contributed by atoms with Crippen LogP contribution in [-0.4, -0.2) is 16.5 Å². The van der Waals surface area contributed by atoms with Crippen LogP contribution in [0, 0.1) is 6.92 Å². The number of hydrogen-bond acceptors (Lipinski definition) is 3. The average Bonchev–Trinajstić information content (AvgIpc) is 2.31. The first-order valence-electron chi connectivity index (χ1n) is 5.91. The Morgan fingerprint density at radius 3 is 3.00 bits per heavy atom. The lowest BCUT2D eigenvalue weighted by Gasteiger charge is -2.04. The zero-order valence-corrected chi connectivity index (χ0v) is 10.2. The van der Waals surface area contributed by atoms with Crippen molar-refractivity contribution in [2.24, 2.45) is 0 Å². The average molecular weight is 231 g/mol. The van der Waals surface area contributed by atoms with Gasteiger partial charge in [0.15, 0.2) is 0 Å². The second-order valence-electron chi connectivity index (χ2n) is 4.21. The van der Waals surface area contributed by atoms with Gasteiger partial charge in [-0.25, -0.2) is 4.98 Å². The van der Waals surface area contributed by atoms with Crippen molar-refractivity contribution in [2.75, 3.05) is 6.54 Å². The summed E-state index contributed by atoms with van der Waals surface area (Å²) in [6.07, 6.45) is 1.07. The number of rotatable bonds is 4. The molecule has 90 valence electrons. The van der Waals surface area contributed by atoms with Crippen molar-refractivity contribution in [2.45, 2.75) is 26.8 Å². The maximum Gasteiger partial charge on any atom is 0.258 e. The molecule has 0 fully saturated rings. The molecule has 1 heterocycles. The lowest BCUT2D eigenvalue weighted by Crippen LogP contribution is -2.20. The molecule has 2 N–H and O–H groups in total. The number of aryl methyl sites for hydroxylation is 1. The van der Waals surface area contributed by atoms with Crippen LogP contribution in [0.5, 0.6) is 0 Å². The molecule has 4 heteroatoms. The number of fused-ring (bicyclic) bond motifs is 1. The predicted octanol–water partition coefficient (Wildman–Crippen LogP) is 1.73. The Hall–Kier alpha value is -1.68. The van der Waals surface area contributed by atoms with E-state index in [1.807, 2.05) is 25.1 Å². The summed E-state index contributed by atoms with van der Waals surface area (Å²) in [4.78, 5) is 19.1. The van der Waals surface area contributed by atoms with E-state index in [1.54, 1.807) is 0 Å². The monoisotopic (exact) mass is 231 g/mol. The van der Waals surface area contributed by atoms with Crippen LogP contribution in [0.2, 0.25) is 0 Å². The second-order valence-corrected chi connectivity index (χ2v) is 4.21. The van der Waals surface area contributed by atoms with Crippen LogP contribution in [0.15, 0.2) is 23.0 Å². The van der Waals surface area contributed by atoms with Gasteiger partial charge in [-0.2, -0.15) is 0 Å². The fourth-order valence-electron chi connectivity index (χ4n) is 1.77. The highest BCUT2D eigenvalue weighted by Gasteiger charge is 2.03. The van der Waals surface area contributed by atoms with Crippen LogP contribution >= 0.6 is 0 Å². The first-order chi connectivity index (χ1) is 8.20. The summed E-state index contributed by atoms with van der Waals surface area (Å²) in [5, 5.41) is 3.88. The molecular formula is C13H17N3O. The number of H-pyrrole nitrogens is 1. The molecule has 0 aliphatic heterocycles. The summed E-state index contributed by atoms with van der Waals surface area (Å²) in [6, 6.07) is 5.73. The van der Waals surface area contributed by atoms with E-state index in [-0.39, 0.29) is 5.56 Å².